The third-order valence-corrected chi connectivity index (χ3v) is 3.38. The Labute approximate surface area is 118 Å². The molecule has 0 aromatic heterocycles. The van der Waals surface area contributed by atoms with Crippen LogP contribution in [0, 0.1) is 11.6 Å². The van der Waals surface area contributed by atoms with Crippen molar-refractivity contribution in [2.24, 2.45) is 0 Å². The molecule has 20 heavy (non-hydrogen) atoms. The first kappa shape index (κ1) is 14.5. The number of hydrogen-bond donors (Lipinski definition) is 1. The Morgan fingerprint density at radius 3 is 2.30 bits per heavy atom. The summed E-state index contributed by atoms with van der Waals surface area (Å²) in [6.45, 7) is 6.04. The van der Waals surface area contributed by atoms with Gasteiger partial charge in [-0.15, -0.1) is 0 Å². The molecule has 0 aliphatic carbocycles. The highest BCUT2D eigenvalue weighted by Gasteiger charge is 2.14. The van der Waals surface area contributed by atoms with E-state index in [1.165, 1.54) is 6.07 Å². The zero-order chi connectivity index (χ0) is 14.7. The molecule has 1 unspecified atom stereocenters. The third-order valence-electron chi connectivity index (χ3n) is 3.38. The number of anilines is 1. The molecule has 0 aliphatic rings. The Morgan fingerprint density at radius 2 is 1.60 bits per heavy atom. The minimum atomic E-state index is -0.424. The lowest BCUT2D eigenvalue weighted by atomic mass is 10.00. The fraction of sp³-hybridized carbons (Fsp3) is 0.294. The summed E-state index contributed by atoms with van der Waals surface area (Å²) in [5.74, 6) is -0.455. The van der Waals surface area contributed by atoms with Gasteiger partial charge in [0.05, 0.1) is 6.04 Å². The van der Waals surface area contributed by atoms with Crippen molar-refractivity contribution in [2.45, 2.75) is 32.7 Å². The molecule has 0 saturated carbocycles. The molecular weight excluding hydrogens is 256 g/mol. The maximum Gasteiger partial charge on any atom is 0.128 e. The SMILES string of the molecule is CC(C)c1ccccc1NC(C)c1cc(F)ccc1F. The van der Waals surface area contributed by atoms with Crippen molar-refractivity contribution >= 4 is 5.69 Å². The third kappa shape index (κ3) is 3.16. The Morgan fingerprint density at radius 1 is 0.900 bits per heavy atom. The predicted octanol–water partition coefficient (Wildman–Crippen LogP) is 5.26. The summed E-state index contributed by atoms with van der Waals surface area (Å²) in [5.41, 5.74) is 2.46. The molecule has 2 aromatic carbocycles. The molecule has 0 spiro atoms. The van der Waals surface area contributed by atoms with Gasteiger partial charge >= 0.3 is 0 Å². The molecule has 106 valence electrons. The highest BCUT2D eigenvalue weighted by atomic mass is 19.1. The summed E-state index contributed by atoms with van der Waals surface area (Å²) in [4.78, 5) is 0. The average molecular weight is 275 g/mol. The van der Waals surface area contributed by atoms with E-state index in [4.69, 9.17) is 0 Å². The minimum Gasteiger partial charge on any atom is -0.378 e. The van der Waals surface area contributed by atoms with Gasteiger partial charge in [0.25, 0.3) is 0 Å². The molecule has 2 aromatic rings. The first-order chi connectivity index (χ1) is 9.49. The van der Waals surface area contributed by atoms with Crippen molar-refractivity contribution in [3.8, 4) is 0 Å². The lowest BCUT2D eigenvalue weighted by Crippen LogP contribution is -2.11. The molecule has 0 fully saturated rings. The van der Waals surface area contributed by atoms with Crippen LogP contribution in [0.2, 0.25) is 0 Å². The van der Waals surface area contributed by atoms with Gasteiger partial charge in [-0.25, -0.2) is 8.78 Å². The molecule has 0 heterocycles. The summed E-state index contributed by atoms with van der Waals surface area (Å²) in [5, 5.41) is 3.27. The number of hydrogen-bond acceptors (Lipinski definition) is 1. The number of para-hydroxylation sites is 1. The van der Waals surface area contributed by atoms with Crippen molar-refractivity contribution in [3.63, 3.8) is 0 Å². The van der Waals surface area contributed by atoms with Crippen LogP contribution in [0.5, 0.6) is 0 Å². The van der Waals surface area contributed by atoms with Gasteiger partial charge in [-0.05, 0) is 42.7 Å². The van der Waals surface area contributed by atoms with Crippen LogP contribution in [-0.2, 0) is 0 Å². The smallest absolute Gasteiger partial charge is 0.128 e. The monoisotopic (exact) mass is 275 g/mol. The Hall–Kier alpha value is -1.90. The van der Waals surface area contributed by atoms with E-state index < -0.39 is 11.6 Å². The van der Waals surface area contributed by atoms with E-state index in [0.717, 1.165) is 23.4 Å². The number of nitrogens with one attached hydrogen (secondary N) is 1. The van der Waals surface area contributed by atoms with E-state index in [9.17, 15) is 8.78 Å². The van der Waals surface area contributed by atoms with Crippen LogP contribution >= 0.6 is 0 Å². The number of benzene rings is 2. The van der Waals surface area contributed by atoms with Crippen LogP contribution < -0.4 is 5.32 Å². The van der Waals surface area contributed by atoms with E-state index in [0.29, 0.717) is 11.5 Å². The van der Waals surface area contributed by atoms with Gasteiger partial charge in [-0.2, -0.15) is 0 Å². The normalized spacial score (nSPS) is 12.5. The Kier molecular flexibility index (Phi) is 4.38. The second kappa shape index (κ2) is 6.04. The van der Waals surface area contributed by atoms with Gasteiger partial charge in [0.2, 0.25) is 0 Å². The molecule has 0 bridgehead atoms. The lowest BCUT2D eigenvalue weighted by molar-refractivity contribution is 0.577. The van der Waals surface area contributed by atoms with E-state index in [1.807, 2.05) is 31.2 Å². The molecule has 0 aliphatic heterocycles. The molecule has 1 N–H and O–H groups in total. The molecule has 0 saturated heterocycles. The topological polar surface area (TPSA) is 12.0 Å². The van der Waals surface area contributed by atoms with E-state index in [2.05, 4.69) is 19.2 Å². The van der Waals surface area contributed by atoms with Crippen molar-refractivity contribution in [3.05, 3.63) is 65.2 Å². The van der Waals surface area contributed by atoms with E-state index in [1.54, 1.807) is 0 Å². The van der Waals surface area contributed by atoms with E-state index >= 15 is 0 Å². The van der Waals surface area contributed by atoms with Crippen LogP contribution in [0.1, 0.15) is 43.9 Å². The molecule has 0 radical (unpaired) electrons. The number of halogens is 2. The first-order valence-corrected chi connectivity index (χ1v) is 6.79. The summed E-state index contributed by atoms with van der Waals surface area (Å²) in [6.07, 6.45) is 0. The largest absolute Gasteiger partial charge is 0.378 e. The molecule has 1 atom stereocenters. The van der Waals surface area contributed by atoms with Crippen LogP contribution in [0.4, 0.5) is 14.5 Å². The quantitative estimate of drug-likeness (QED) is 0.802. The fourth-order valence-electron chi connectivity index (χ4n) is 2.29. The maximum absolute atomic E-state index is 13.8. The zero-order valence-corrected chi connectivity index (χ0v) is 12.0. The zero-order valence-electron chi connectivity index (χ0n) is 12.0. The second-order valence-electron chi connectivity index (χ2n) is 5.27. The van der Waals surface area contributed by atoms with Gasteiger partial charge in [0.15, 0.2) is 0 Å². The van der Waals surface area contributed by atoms with Crippen LogP contribution in [0.3, 0.4) is 0 Å². The van der Waals surface area contributed by atoms with Gasteiger partial charge < -0.3 is 5.32 Å². The Bertz CT molecular complexity index is 593. The minimum absolute atomic E-state index is 0.300. The first-order valence-electron chi connectivity index (χ1n) is 6.79. The summed E-state index contributed by atoms with van der Waals surface area (Å²) in [6, 6.07) is 11.2. The van der Waals surface area contributed by atoms with Gasteiger partial charge in [0, 0.05) is 11.3 Å². The van der Waals surface area contributed by atoms with Crippen LogP contribution in [0.25, 0.3) is 0 Å². The maximum atomic E-state index is 13.8. The van der Waals surface area contributed by atoms with Crippen LogP contribution in [0.15, 0.2) is 42.5 Å². The van der Waals surface area contributed by atoms with Crippen molar-refractivity contribution in [1.82, 2.24) is 0 Å². The van der Waals surface area contributed by atoms with E-state index in [-0.39, 0.29) is 6.04 Å². The average Bonchev–Trinajstić information content (AvgIpc) is 2.41. The van der Waals surface area contributed by atoms with Crippen LogP contribution in [-0.4, -0.2) is 0 Å². The van der Waals surface area contributed by atoms with Crippen molar-refractivity contribution in [2.75, 3.05) is 5.32 Å². The van der Waals surface area contributed by atoms with Crippen molar-refractivity contribution < 1.29 is 8.78 Å². The summed E-state index contributed by atoms with van der Waals surface area (Å²) in [7, 11) is 0. The molecule has 3 heteroatoms. The molecule has 2 rings (SSSR count). The second-order valence-corrected chi connectivity index (χ2v) is 5.27. The fourth-order valence-corrected chi connectivity index (χ4v) is 2.29. The van der Waals surface area contributed by atoms with Gasteiger partial charge in [-0.1, -0.05) is 32.0 Å². The molecular formula is C17H19F2N. The summed E-state index contributed by atoms with van der Waals surface area (Å²) < 4.78 is 27.0. The predicted molar refractivity (Wildman–Crippen MR) is 78.9 cm³/mol. The standard InChI is InChI=1S/C17H19F2N/c1-11(2)14-6-4-5-7-17(14)20-12(3)15-10-13(18)8-9-16(15)19/h4-12,20H,1-3H3. The molecule has 1 nitrogen and oxygen atoms in total. The lowest BCUT2D eigenvalue weighted by Gasteiger charge is -2.20. The highest BCUT2D eigenvalue weighted by molar-refractivity contribution is 5.54. The number of rotatable bonds is 4. The highest BCUT2D eigenvalue weighted by Crippen LogP contribution is 2.28. The molecule has 0 amide bonds. The van der Waals surface area contributed by atoms with Gasteiger partial charge in [-0.3, -0.25) is 0 Å². The van der Waals surface area contributed by atoms with Gasteiger partial charge in [0.1, 0.15) is 11.6 Å². The Balaban J connectivity index is 2.28. The van der Waals surface area contributed by atoms with Crippen molar-refractivity contribution in [1.29, 1.82) is 0 Å². The summed E-state index contributed by atoms with van der Waals surface area (Å²) >= 11 is 0.